The highest BCUT2D eigenvalue weighted by Gasteiger charge is 2.00. The van der Waals surface area contributed by atoms with Crippen LogP contribution < -0.4 is 4.72 Å². The van der Waals surface area contributed by atoms with E-state index in [1.807, 2.05) is 17.7 Å². The Bertz CT molecular complexity index is 240. The molecule has 0 fully saturated rings. The Hall–Kier alpha value is -0.900. The molecule has 1 aromatic rings. The van der Waals surface area contributed by atoms with Crippen molar-refractivity contribution >= 4 is 24.0 Å². The van der Waals surface area contributed by atoms with E-state index in [2.05, 4.69) is 9.82 Å². The van der Waals surface area contributed by atoms with Gasteiger partial charge in [0.2, 0.25) is 0 Å². The van der Waals surface area contributed by atoms with Gasteiger partial charge in [-0.2, -0.15) is 5.10 Å². The average Bonchev–Trinajstić information content (AvgIpc) is 2.33. The van der Waals surface area contributed by atoms with Crippen molar-refractivity contribution in [2.45, 2.75) is 0 Å². The van der Waals surface area contributed by atoms with E-state index in [9.17, 15) is 0 Å². The number of hydrogen-bond acceptors (Lipinski definition) is 3. The first-order valence-electron chi connectivity index (χ1n) is 2.59. The van der Waals surface area contributed by atoms with Crippen molar-refractivity contribution in [1.82, 2.24) is 9.78 Å². The summed E-state index contributed by atoms with van der Waals surface area (Å²) < 4.78 is 4.86. The van der Waals surface area contributed by atoms with Gasteiger partial charge >= 0.3 is 0 Å². The molecule has 0 amide bonds. The predicted molar refractivity (Wildman–Crippen MR) is 38.8 cm³/mol. The molecule has 1 aromatic heterocycles. The molecule has 2 rings (SSSR count). The van der Waals surface area contributed by atoms with Crippen LogP contribution in [-0.4, -0.2) is 9.78 Å². The standard InChI is InChI=1S/C5H5N3S/c1-2-6-8-3-4-9-7-5(1)8/h1-4,7H. The molecular formula is C5H5N3S. The van der Waals surface area contributed by atoms with Crippen molar-refractivity contribution in [2.75, 3.05) is 4.72 Å². The van der Waals surface area contributed by atoms with Gasteiger partial charge in [-0.05, 0) is 11.9 Å². The fourth-order valence-electron chi connectivity index (χ4n) is 0.696. The minimum absolute atomic E-state index is 1.03. The second kappa shape index (κ2) is 1.80. The Balaban J connectivity index is 2.53. The lowest BCUT2D eigenvalue weighted by molar-refractivity contribution is 0.944. The maximum Gasteiger partial charge on any atom is 0.139 e. The molecule has 9 heavy (non-hydrogen) atoms. The van der Waals surface area contributed by atoms with Gasteiger partial charge in [0.05, 0.1) is 6.20 Å². The Morgan fingerprint density at radius 3 is 3.56 bits per heavy atom. The van der Waals surface area contributed by atoms with Crippen LogP contribution in [-0.2, 0) is 0 Å². The van der Waals surface area contributed by atoms with E-state index >= 15 is 0 Å². The number of nitrogens with zero attached hydrogens (tertiary/aromatic N) is 2. The first kappa shape index (κ1) is 4.93. The van der Waals surface area contributed by atoms with E-state index in [0.717, 1.165) is 5.82 Å². The van der Waals surface area contributed by atoms with E-state index in [0.29, 0.717) is 0 Å². The minimum Gasteiger partial charge on any atom is -0.311 e. The highest BCUT2D eigenvalue weighted by atomic mass is 32.2. The number of hydrogen-bond donors (Lipinski definition) is 1. The van der Waals surface area contributed by atoms with Crippen LogP contribution in [0.4, 0.5) is 5.82 Å². The molecule has 0 radical (unpaired) electrons. The molecule has 1 N–H and O–H groups in total. The zero-order valence-corrected chi connectivity index (χ0v) is 5.43. The lowest BCUT2D eigenvalue weighted by atomic mass is 10.6. The fourth-order valence-corrected chi connectivity index (χ4v) is 1.22. The van der Waals surface area contributed by atoms with Crippen LogP contribution in [0.3, 0.4) is 0 Å². The van der Waals surface area contributed by atoms with E-state index < -0.39 is 0 Å². The van der Waals surface area contributed by atoms with Gasteiger partial charge in [0.25, 0.3) is 0 Å². The first-order chi connectivity index (χ1) is 4.47. The van der Waals surface area contributed by atoms with Crippen LogP contribution in [0.5, 0.6) is 0 Å². The highest BCUT2D eigenvalue weighted by molar-refractivity contribution is 8.03. The molecule has 1 aliphatic rings. The predicted octanol–water partition coefficient (Wildman–Crippen LogP) is 1.38. The molecule has 0 bridgehead atoms. The van der Waals surface area contributed by atoms with Crippen molar-refractivity contribution in [3.63, 3.8) is 0 Å². The zero-order valence-electron chi connectivity index (χ0n) is 4.61. The number of nitrogens with one attached hydrogen (secondary N) is 1. The second-order valence-electron chi connectivity index (χ2n) is 1.67. The molecule has 2 heterocycles. The summed E-state index contributed by atoms with van der Waals surface area (Å²) in [6, 6.07) is 1.93. The summed E-state index contributed by atoms with van der Waals surface area (Å²) in [5, 5.41) is 5.96. The summed E-state index contributed by atoms with van der Waals surface area (Å²) in [5.41, 5.74) is 0. The summed E-state index contributed by atoms with van der Waals surface area (Å²) in [5.74, 6) is 1.03. The lowest BCUT2D eigenvalue weighted by Gasteiger charge is -2.06. The van der Waals surface area contributed by atoms with E-state index in [1.54, 1.807) is 22.8 Å². The third-order valence-electron chi connectivity index (χ3n) is 1.10. The first-order valence-corrected chi connectivity index (χ1v) is 3.46. The lowest BCUT2D eigenvalue weighted by Crippen LogP contribution is -1.98. The topological polar surface area (TPSA) is 29.9 Å². The van der Waals surface area contributed by atoms with Gasteiger partial charge in [0.15, 0.2) is 0 Å². The van der Waals surface area contributed by atoms with Crippen molar-refractivity contribution in [3.05, 3.63) is 17.7 Å². The van der Waals surface area contributed by atoms with Crippen molar-refractivity contribution < 1.29 is 0 Å². The molecule has 4 heteroatoms. The molecule has 0 unspecified atom stereocenters. The molecule has 0 atom stereocenters. The van der Waals surface area contributed by atoms with Gasteiger partial charge < -0.3 is 4.72 Å². The number of aromatic nitrogens is 2. The van der Waals surface area contributed by atoms with Crippen LogP contribution in [0.15, 0.2) is 17.7 Å². The van der Waals surface area contributed by atoms with Crippen molar-refractivity contribution in [3.8, 4) is 0 Å². The highest BCUT2D eigenvalue weighted by Crippen LogP contribution is 2.18. The van der Waals surface area contributed by atoms with Crippen molar-refractivity contribution in [2.24, 2.45) is 0 Å². The smallest absolute Gasteiger partial charge is 0.139 e. The third-order valence-corrected chi connectivity index (χ3v) is 1.69. The van der Waals surface area contributed by atoms with Gasteiger partial charge in [-0.3, -0.25) is 0 Å². The summed E-state index contributed by atoms with van der Waals surface area (Å²) in [6.45, 7) is 0. The molecule has 0 aliphatic carbocycles. The van der Waals surface area contributed by atoms with Crippen molar-refractivity contribution in [1.29, 1.82) is 0 Å². The molecule has 0 saturated heterocycles. The zero-order chi connectivity index (χ0) is 6.10. The fraction of sp³-hybridized carbons (Fsp3) is 0. The van der Waals surface area contributed by atoms with E-state index in [-0.39, 0.29) is 0 Å². The molecule has 3 nitrogen and oxygen atoms in total. The Labute approximate surface area is 56.9 Å². The molecule has 1 aliphatic heterocycles. The number of fused-ring (bicyclic) bond motifs is 1. The van der Waals surface area contributed by atoms with Gasteiger partial charge in [-0.15, -0.1) is 0 Å². The van der Waals surface area contributed by atoms with Crippen LogP contribution >= 0.6 is 11.9 Å². The molecule has 0 saturated carbocycles. The largest absolute Gasteiger partial charge is 0.311 e. The third kappa shape index (κ3) is 0.712. The Morgan fingerprint density at radius 2 is 2.67 bits per heavy atom. The summed E-state index contributed by atoms with van der Waals surface area (Å²) in [6.07, 6.45) is 3.68. The van der Waals surface area contributed by atoms with Crippen LogP contribution in [0, 0.1) is 0 Å². The minimum atomic E-state index is 1.03. The Morgan fingerprint density at radius 1 is 1.67 bits per heavy atom. The van der Waals surface area contributed by atoms with Gasteiger partial charge in [0, 0.05) is 17.7 Å². The second-order valence-corrected chi connectivity index (χ2v) is 2.38. The summed E-state index contributed by atoms with van der Waals surface area (Å²) in [4.78, 5) is 0. The van der Waals surface area contributed by atoms with Gasteiger partial charge in [0.1, 0.15) is 5.82 Å². The van der Waals surface area contributed by atoms with Gasteiger partial charge in [-0.1, -0.05) is 0 Å². The molecular weight excluding hydrogens is 134 g/mol. The summed E-state index contributed by atoms with van der Waals surface area (Å²) in [7, 11) is 0. The Kier molecular flexibility index (Phi) is 0.989. The quantitative estimate of drug-likeness (QED) is 0.551. The number of rotatable bonds is 0. The van der Waals surface area contributed by atoms with E-state index in [1.165, 1.54) is 0 Å². The SMILES string of the molecule is C1=Cn2nccc2NS1. The number of anilines is 1. The van der Waals surface area contributed by atoms with Crippen LogP contribution in [0.2, 0.25) is 0 Å². The molecule has 46 valence electrons. The van der Waals surface area contributed by atoms with Crippen LogP contribution in [0.25, 0.3) is 6.20 Å². The van der Waals surface area contributed by atoms with E-state index in [4.69, 9.17) is 0 Å². The van der Waals surface area contributed by atoms with Gasteiger partial charge in [-0.25, -0.2) is 4.68 Å². The molecule has 0 aromatic carbocycles. The molecule has 0 spiro atoms. The normalized spacial score (nSPS) is 14.7. The summed E-state index contributed by atoms with van der Waals surface area (Å²) >= 11 is 1.55. The average molecular weight is 139 g/mol. The maximum atomic E-state index is 4.01. The van der Waals surface area contributed by atoms with Crippen LogP contribution in [0.1, 0.15) is 0 Å². The maximum absolute atomic E-state index is 4.01. The monoisotopic (exact) mass is 139 g/mol.